The van der Waals surface area contributed by atoms with Crippen LogP contribution in [0.4, 0.5) is 65.9 Å². The Balaban J connectivity index is 3.82. The summed E-state index contributed by atoms with van der Waals surface area (Å²) in [5, 5.41) is 0. The van der Waals surface area contributed by atoms with E-state index in [1.807, 2.05) is 4.74 Å². The summed E-state index contributed by atoms with van der Waals surface area (Å²) in [6, 6.07) is -6.49. The second-order valence-electron chi connectivity index (χ2n) is 5.58. The summed E-state index contributed by atoms with van der Waals surface area (Å²) in [6.07, 6.45) is -26.9. The summed E-state index contributed by atoms with van der Waals surface area (Å²) in [5.74, 6) is -12.1. The minimum Gasteiger partial charge on any atom is -0.379 e. The third kappa shape index (κ3) is 4.17. The molecular weight excluding hydrogens is 475 g/mol. The molecule has 0 unspecified atom stereocenters. The number of hydrogen-bond acceptors (Lipinski definition) is 3. The van der Waals surface area contributed by atoms with Gasteiger partial charge < -0.3 is 4.74 Å². The van der Waals surface area contributed by atoms with Gasteiger partial charge in [0.1, 0.15) is 0 Å². The minimum atomic E-state index is -7.83. The molecule has 1 saturated heterocycles. The summed E-state index contributed by atoms with van der Waals surface area (Å²) in [7, 11) is 0. The van der Waals surface area contributed by atoms with Crippen molar-refractivity contribution in [1.29, 1.82) is 0 Å². The van der Waals surface area contributed by atoms with Crippen molar-refractivity contribution in [2.24, 2.45) is 0 Å². The first-order valence-electron chi connectivity index (χ1n) is 7.18. The van der Waals surface area contributed by atoms with Crippen molar-refractivity contribution in [3.63, 3.8) is 0 Å². The summed E-state index contributed by atoms with van der Waals surface area (Å²) in [5.41, 5.74) is -7.81. The van der Waals surface area contributed by atoms with E-state index < -0.39 is 79.1 Å². The molecule has 0 aliphatic carbocycles. The van der Waals surface area contributed by atoms with Gasteiger partial charge in [-0.15, -0.1) is 0 Å². The zero-order chi connectivity index (χ0) is 24.0. The van der Waals surface area contributed by atoms with Crippen molar-refractivity contribution in [2.45, 2.75) is 36.0 Å². The lowest BCUT2D eigenvalue weighted by Gasteiger charge is -2.48. The molecule has 0 bridgehead atoms. The fraction of sp³-hybridized carbons (Fsp3) is 0.833. The molecule has 0 spiro atoms. The zero-order valence-corrected chi connectivity index (χ0v) is 13.8. The van der Waals surface area contributed by atoms with E-state index in [1.165, 1.54) is 0 Å². The minimum absolute atomic E-state index is 0.877. The highest BCUT2D eigenvalue weighted by molar-refractivity contribution is 5.14. The van der Waals surface area contributed by atoms with E-state index in [4.69, 9.17) is 0 Å². The Morgan fingerprint density at radius 2 is 1.10 bits per heavy atom. The average molecular weight is 483 g/mol. The van der Waals surface area contributed by atoms with E-state index >= 15 is 0 Å². The Morgan fingerprint density at radius 1 is 0.700 bits per heavy atom. The highest BCUT2D eigenvalue weighted by Crippen LogP contribution is 2.61. The topological polar surface area (TPSA) is 21.7 Å². The molecule has 0 N–H and O–H groups in total. The Hall–Kier alpha value is -1.43. The van der Waals surface area contributed by atoms with Gasteiger partial charge in [0.05, 0.1) is 13.2 Å². The Kier molecular flexibility index (Phi) is 7.02. The molecule has 0 aromatic heterocycles. The van der Waals surface area contributed by atoms with Crippen LogP contribution in [0.25, 0.3) is 0 Å². The van der Waals surface area contributed by atoms with Crippen molar-refractivity contribution < 1.29 is 75.3 Å². The van der Waals surface area contributed by atoms with Crippen LogP contribution in [-0.4, -0.2) is 67.2 Å². The molecule has 1 rings (SSSR count). The lowest BCUT2D eigenvalue weighted by Crippen LogP contribution is -2.78. The smallest absolute Gasteiger partial charge is 0.379 e. The van der Waals surface area contributed by atoms with E-state index in [1.54, 1.807) is 0 Å². The van der Waals surface area contributed by atoms with Gasteiger partial charge in [0.2, 0.25) is 0 Å². The molecule has 30 heavy (non-hydrogen) atoms. The molecule has 0 aromatic rings. The SMILES string of the molecule is FC(F)=C(F)C(F)(F)OC(C(F)(F)F)(C(F)(F)F)C(F)(F)C(F)(F)N1CCOCC1. The van der Waals surface area contributed by atoms with Gasteiger partial charge in [-0.05, 0) is 0 Å². The molecule has 1 aliphatic heterocycles. The summed E-state index contributed by atoms with van der Waals surface area (Å²) >= 11 is 0. The molecule has 0 amide bonds. The first-order chi connectivity index (χ1) is 13.2. The number of nitrogens with zero attached hydrogens (tertiary/aromatic N) is 1. The number of rotatable bonds is 6. The van der Waals surface area contributed by atoms with Gasteiger partial charge in [-0.25, -0.2) is 4.90 Å². The number of alkyl halides is 12. The molecule has 3 nitrogen and oxygen atoms in total. The largest absolute Gasteiger partial charge is 0.433 e. The Bertz CT molecular complexity index is 629. The van der Waals surface area contributed by atoms with Crippen molar-refractivity contribution in [3.8, 4) is 0 Å². The fourth-order valence-electron chi connectivity index (χ4n) is 2.30. The van der Waals surface area contributed by atoms with Crippen LogP contribution in [0, 0.1) is 0 Å². The van der Waals surface area contributed by atoms with Crippen LogP contribution in [0.5, 0.6) is 0 Å². The normalized spacial score (nSPS) is 18.5. The molecule has 0 atom stereocenters. The summed E-state index contributed by atoms with van der Waals surface area (Å²) < 4.78 is 205. The maximum Gasteiger partial charge on any atom is 0.433 e. The van der Waals surface area contributed by atoms with Gasteiger partial charge in [-0.1, -0.05) is 0 Å². The van der Waals surface area contributed by atoms with E-state index in [0.717, 1.165) is 0 Å². The fourth-order valence-corrected chi connectivity index (χ4v) is 2.30. The standard InChI is InChI=1S/C12H8F15NO2/c13-5(6(14)15)7(16,17)30-8(10(20,21)22,11(23,24)25)9(18,19)12(26,27)28-1-3-29-4-2-28/h1-4H2. The van der Waals surface area contributed by atoms with Gasteiger partial charge in [0, 0.05) is 13.1 Å². The monoisotopic (exact) mass is 483 g/mol. The molecule has 1 aliphatic rings. The van der Waals surface area contributed by atoms with Crippen molar-refractivity contribution >= 4 is 0 Å². The van der Waals surface area contributed by atoms with E-state index in [9.17, 15) is 65.9 Å². The molecule has 0 radical (unpaired) electrons. The van der Waals surface area contributed by atoms with Crippen LogP contribution in [-0.2, 0) is 9.47 Å². The Labute approximate surface area is 156 Å². The average Bonchev–Trinajstić information content (AvgIpc) is 2.57. The number of halogens is 15. The maximum absolute atomic E-state index is 14.2. The first kappa shape index (κ1) is 26.6. The van der Waals surface area contributed by atoms with Crippen LogP contribution in [0.3, 0.4) is 0 Å². The summed E-state index contributed by atoms with van der Waals surface area (Å²) in [6.45, 7) is -4.51. The van der Waals surface area contributed by atoms with Gasteiger partial charge in [0.25, 0.3) is 5.83 Å². The molecule has 0 aromatic carbocycles. The predicted molar refractivity (Wildman–Crippen MR) is 63.5 cm³/mol. The lowest BCUT2D eigenvalue weighted by atomic mass is 9.90. The van der Waals surface area contributed by atoms with E-state index in [0.29, 0.717) is 0 Å². The van der Waals surface area contributed by atoms with Crippen molar-refractivity contribution in [3.05, 3.63) is 11.9 Å². The van der Waals surface area contributed by atoms with Crippen LogP contribution in [0.2, 0.25) is 0 Å². The van der Waals surface area contributed by atoms with Crippen molar-refractivity contribution in [1.82, 2.24) is 4.90 Å². The molecule has 18 heteroatoms. The van der Waals surface area contributed by atoms with Gasteiger partial charge in [0.15, 0.2) is 0 Å². The lowest BCUT2D eigenvalue weighted by molar-refractivity contribution is -0.505. The van der Waals surface area contributed by atoms with Crippen LogP contribution < -0.4 is 0 Å². The predicted octanol–water partition coefficient (Wildman–Crippen LogP) is 5.10. The van der Waals surface area contributed by atoms with Crippen molar-refractivity contribution in [2.75, 3.05) is 26.3 Å². The third-order valence-electron chi connectivity index (χ3n) is 3.73. The molecular formula is C12H8F15NO2. The first-order valence-corrected chi connectivity index (χ1v) is 7.18. The van der Waals surface area contributed by atoms with Crippen LogP contribution >= 0.6 is 0 Å². The zero-order valence-electron chi connectivity index (χ0n) is 13.8. The quantitative estimate of drug-likeness (QED) is 0.388. The second-order valence-corrected chi connectivity index (χ2v) is 5.58. The van der Waals surface area contributed by atoms with E-state index in [-0.39, 0.29) is 0 Å². The Morgan fingerprint density at radius 3 is 1.43 bits per heavy atom. The van der Waals surface area contributed by atoms with Crippen LogP contribution in [0.1, 0.15) is 0 Å². The third-order valence-corrected chi connectivity index (χ3v) is 3.73. The van der Waals surface area contributed by atoms with Gasteiger partial charge >= 0.3 is 42.1 Å². The summed E-state index contributed by atoms with van der Waals surface area (Å²) in [4.78, 5) is -0.952. The molecule has 178 valence electrons. The van der Waals surface area contributed by atoms with Crippen LogP contribution in [0.15, 0.2) is 11.9 Å². The number of hydrogen-bond donors (Lipinski definition) is 0. The highest BCUT2D eigenvalue weighted by Gasteiger charge is 2.92. The highest BCUT2D eigenvalue weighted by atomic mass is 19.4. The second kappa shape index (κ2) is 7.92. The number of morpholine rings is 1. The number of ether oxygens (including phenoxy) is 2. The van der Waals surface area contributed by atoms with Gasteiger partial charge in [-0.3, -0.25) is 4.74 Å². The maximum atomic E-state index is 14.2. The molecule has 1 heterocycles. The molecule has 1 fully saturated rings. The molecule has 0 saturated carbocycles. The van der Waals surface area contributed by atoms with E-state index in [2.05, 4.69) is 4.74 Å². The van der Waals surface area contributed by atoms with Gasteiger partial charge in [-0.2, -0.15) is 65.9 Å².